The molecule has 0 bridgehead atoms. The van der Waals surface area contributed by atoms with E-state index in [1.165, 1.54) is 59.2 Å². The molecule has 0 amide bonds. The molecule has 7 atom stereocenters. The predicted molar refractivity (Wildman–Crippen MR) is 208 cm³/mol. The highest BCUT2D eigenvalue weighted by Crippen LogP contribution is 2.68. The van der Waals surface area contributed by atoms with Gasteiger partial charge < -0.3 is 9.53 Å². The zero-order valence-electron chi connectivity index (χ0n) is 31.3. The Bertz CT molecular complexity index is 1620. The number of hydrogen-bond acceptors (Lipinski definition) is 3. The van der Waals surface area contributed by atoms with Crippen LogP contribution in [0.1, 0.15) is 110 Å². The molecule has 0 saturated heterocycles. The molecular weight excluding hydrogens is 629 g/mol. The van der Waals surface area contributed by atoms with E-state index < -0.39 is 8.32 Å². The highest BCUT2D eigenvalue weighted by Gasteiger charge is 2.60. The van der Waals surface area contributed by atoms with Crippen LogP contribution in [0.3, 0.4) is 0 Å². The van der Waals surface area contributed by atoms with E-state index >= 15 is 0 Å². The number of aliphatic hydroxyl groups is 1. The first-order valence-electron chi connectivity index (χ1n) is 19.7. The molecular formula is C46H60O3Si. The van der Waals surface area contributed by atoms with Crippen molar-refractivity contribution < 1.29 is 14.3 Å². The number of aliphatic hydroxyl groups excluding tert-OH is 1. The van der Waals surface area contributed by atoms with Gasteiger partial charge in [0.25, 0.3) is 8.32 Å². The van der Waals surface area contributed by atoms with Crippen molar-refractivity contribution in [3.63, 3.8) is 0 Å². The molecule has 0 spiro atoms. The van der Waals surface area contributed by atoms with Crippen LogP contribution in [0.5, 0.6) is 0 Å². The van der Waals surface area contributed by atoms with Crippen molar-refractivity contribution in [3.8, 4) is 0 Å². The lowest BCUT2D eigenvalue weighted by Gasteiger charge is -2.58. The second-order valence-electron chi connectivity index (χ2n) is 17.8. The maximum absolute atomic E-state index is 12.4. The maximum Gasteiger partial charge on any atom is 0.261 e. The molecule has 0 aliphatic heterocycles. The summed E-state index contributed by atoms with van der Waals surface area (Å²) in [6.45, 7) is 12.2. The molecule has 4 aliphatic carbocycles. The van der Waals surface area contributed by atoms with Gasteiger partial charge in [-0.1, -0.05) is 124 Å². The monoisotopic (exact) mass is 688 g/mol. The fourth-order valence-electron chi connectivity index (χ4n) is 11.9. The summed E-state index contributed by atoms with van der Waals surface area (Å²) in [4.78, 5) is 12.4. The molecule has 266 valence electrons. The van der Waals surface area contributed by atoms with Crippen LogP contribution in [-0.2, 0) is 22.2 Å². The van der Waals surface area contributed by atoms with Gasteiger partial charge in [-0.15, -0.1) is 0 Å². The number of carbonyl (C=O) groups is 1. The number of aryl methyl sites for hydroxylation is 1. The van der Waals surface area contributed by atoms with Gasteiger partial charge >= 0.3 is 0 Å². The Balaban J connectivity index is 1.05. The summed E-state index contributed by atoms with van der Waals surface area (Å²) in [5, 5.41) is 13.7. The highest BCUT2D eigenvalue weighted by atomic mass is 28.4. The molecule has 4 aliphatic rings. The summed E-state index contributed by atoms with van der Waals surface area (Å²) >= 11 is 0. The fraction of sp³-hybridized carbons (Fsp3) is 0.543. The van der Waals surface area contributed by atoms with Crippen molar-refractivity contribution in [3.05, 3.63) is 108 Å². The molecule has 3 aromatic rings. The molecule has 7 rings (SSSR count). The molecule has 50 heavy (non-hydrogen) atoms. The minimum atomic E-state index is -2.58. The minimum Gasteiger partial charge on any atom is -0.403 e. The van der Waals surface area contributed by atoms with Gasteiger partial charge in [0.15, 0.2) is 0 Å². The smallest absolute Gasteiger partial charge is 0.261 e. The first kappa shape index (κ1) is 35.6. The second-order valence-corrected chi connectivity index (χ2v) is 22.1. The van der Waals surface area contributed by atoms with Gasteiger partial charge in [-0.25, -0.2) is 0 Å². The Morgan fingerprint density at radius 3 is 2.12 bits per heavy atom. The van der Waals surface area contributed by atoms with Crippen LogP contribution >= 0.6 is 0 Å². The SMILES string of the molecule is CC(O)[C@H]1CC[C@H]2[C@@H]3CC=C4CC(=O)CC[C@@]4(C)[C@@H]3CC[C@]12CCCc1ccc(CO[Si](c2ccccc2)(c2ccccc2)C(C)(C)C)cc1. The summed E-state index contributed by atoms with van der Waals surface area (Å²) in [7, 11) is -2.58. The molecule has 0 aromatic heterocycles. The van der Waals surface area contributed by atoms with Gasteiger partial charge in [-0.3, -0.25) is 4.79 Å². The Morgan fingerprint density at radius 1 is 0.860 bits per heavy atom. The van der Waals surface area contributed by atoms with E-state index in [-0.39, 0.29) is 22.0 Å². The van der Waals surface area contributed by atoms with E-state index in [4.69, 9.17) is 4.43 Å². The lowest BCUT2D eigenvalue weighted by atomic mass is 9.46. The zero-order chi connectivity index (χ0) is 35.1. The van der Waals surface area contributed by atoms with Crippen LogP contribution < -0.4 is 10.4 Å². The quantitative estimate of drug-likeness (QED) is 0.171. The number of carbonyl (C=O) groups excluding carboxylic acids is 1. The normalized spacial score (nSPS) is 30.2. The van der Waals surface area contributed by atoms with Crippen LogP contribution in [0, 0.1) is 34.5 Å². The predicted octanol–water partition coefficient (Wildman–Crippen LogP) is 9.59. The number of benzene rings is 3. The van der Waals surface area contributed by atoms with Crippen LogP contribution in [-0.4, -0.2) is 25.3 Å². The number of rotatable bonds is 10. The summed E-state index contributed by atoms with van der Waals surface area (Å²) in [6.07, 6.45) is 14.2. The van der Waals surface area contributed by atoms with E-state index in [2.05, 4.69) is 126 Å². The molecule has 3 fully saturated rings. The summed E-state index contributed by atoms with van der Waals surface area (Å²) in [5.74, 6) is 2.92. The van der Waals surface area contributed by atoms with Crippen molar-refractivity contribution in [1.29, 1.82) is 0 Å². The number of ketones is 1. The third-order valence-electron chi connectivity index (χ3n) is 14.3. The van der Waals surface area contributed by atoms with Crippen LogP contribution in [0.15, 0.2) is 96.6 Å². The van der Waals surface area contributed by atoms with Crippen molar-refractivity contribution in [2.45, 2.75) is 123 Å². The molecule has 0 radical (unpaired) electrons. The van der Waals surface area contributed by atoms with Gasteiger partial charge in [0, 0.05) is 12.8 Å². The summed E-state index contributed by atoms with van der Waals surface area (Å²) in [5.41, 5.74) is 4.52. The van der Waals surface area contributed by atoms with E-state index in [1.54, 1.807) is 0 Å². The van der Waals surface area contributed by atoms with E-state index in [1.807, 2.05) is 0 Å². The Hall–Kier alpha value is -2.79. The molecule has 3 nitrogen and oxygen atoms in total. The minimum absolute atomic E-state index is 0.0421. The molecule has 1 N–H and O–H groups in total. The van der Waals surface area contributed by atoms with Gasteiger partial charge in [0.05, 0.1) is 12.7 Å². The van der Waals surface area contributed by atoms with Crippen molar-refractivity contribution in [2.75, 3.05) is 0 Å². The van der Waals surface area contributed by atoms with Crippen LogP contribution in [0.25, 0.3) is 0 Å². The molecule has 1 unspecified atom stereocenters. The molecule has 4 heteroatoms. The van der Waals surface area contributed by atoms with Crippen molar-refractivity contribution in [1.82, 2.24) is 0 Å². The van der Waals surface area contributed by atoms with Crippen LogP contribution in [0.2, 0.25) is 5.04 Å². The third kappa shape index (κ3) is 6.22. The summed E-state index contributed by atoms with van der Waals surface area (Å²) in [6, 6.07) is 31.1. The summed E-state index contributed by atoms with van der Waals surface area (Å²) < 4.78 is 7.22. The first-order valence-corrected chi connectivity index (χ1v) is 21.6. The Kier molecular flexibility index (Phi) is 9.95. The second kappa shape index (κ2) is 14.0. The Morgan fingerprint density at radius 2 is 1.50 bits per heavy atom. The number of allylic oxidation sites excluding steroid dienone is 2. The molecule has 3 saturated carbocycles. The standard InChI is InChI=1S/C46H60O3Si/c1-33(47)41-24-25-43-40-23-22-36-31-37(48)26-29-45(36,5)42(40)27-30-46(41,43)28-12-13-34-18-20-35(21-19-34)32-49-50(44(2,3)4,38-14-8-6-9-15-38)39-16-10-7-11-17-39/h6-11,14-22,33,40-43,47H,12-13,23-32H2,1-5H3/t33?,40-,41-,42-,43+,45-,46-/m1/s1. The highest BCUT2D eigenvalue weighted by molar-refractivity contribution is 6.99. The van der Waals surface area contributed by atoms with E-state index in [0.29, 0.717) is 42.5 Å². The number of Topliss-reactive ketones (excluding diaryl/α,β-unsaturated/α-hetero) is 1. The van der Waals surface area contributed by atoms with Gasteiger partial charge in [-0.05, 0) is 126 Å². The lowest BCUT2D eigenvalue weighted by Crippen LogP contribution is -2.66. The van der Waals surface area contributed by atoms with Gasteiger partial charge in [-0.2, -0.15) is 0 Å². The maximum atomic E-state index is 12.4. The average molecular weight is 689 g/mol. The topological polar surface area (TPSA) is 46.5 Å². The first-order chi connectivity index (χ1) is 24.0. The Labute approximate surface area is 303 Å². The lowest BCUT2D eigenvalue weighted by molar-refractivity contribution is -0.123. The zero-order valence-corrected chi connectivity index (χ0v) is 32.3. The van der Waals surface area contributed by atoms with E-state index in [0.717, 1.165) is 32.1 Å². The fourth-order valence-corrected chi connectivity index (χ4v) is 16.5. The van der Waals surface area contributed by atoms with Crippen LogP contribution in [0.4, 0.5) is 0 Å². The molecule has 0 heterocycles. The molecule has 3 aromatic carbocycles. The van der Waals surface area contributed by atoms with Gasteiger partial charge in [0.1, 0.15) is 5.78 Å². The van der Waals surface area contributed by atoms with Crippen molar-refractivity contribution >= 4 is 24.5 Å². The van der Waals surface area contributed by atoms with Crippen molar-refractivity contribution in [2.24, 2.45) is 34.5 Å². The van der Waals surface area contributed by atoms with E-state index in [9.17, 15) is 9.90 Å². The average Bonchev–Trinajstić information content (AvgIpc) is 3.50. The number of hydrogen-bond donors (Lipinski definition) is 1. The third-order valence-corrected chi connectivity index (χ3v) is 19.3. The largest absolute Gasteiger partial charge is 0.403 e. The number of fused-ring (bicyclic) bond motifs is 5. The van der Waals surface area contributed by atoms with Gasteiger partial charge in [0.2, 0.25) is 0 Å².